The van der Waals surface area contributed by atoms with Crippen molar-refractivity contribution in [3.05, 3.63) is 60.2 Å². The van der Waals surface area contributed by atoms with Crippen LogP contribution < -0.4 is 5.32 Å². The van der Waals surface area contributed by atoms with E-state index in [4.69, 9.17) is 0 Å². The Morgan fingerprint density at radius 3 is 2.20 bits per heavy atom. The topological polar surface area (TPSA) is 15.3 Å². The molecular formula is C23H24N2. The van der Waals surface area contributed by atoms with Gasteiger partial charge in [-0.05, 0) is 44.3 Å². The third kappa shape index (κ3) is 2.32. The molecule has 0 bridgehead atoms. The van der Waals surface area contributed by atoms with Crippen LogP contribution >= 0.6 is 0 Å². The maximum atomic E-state index is 3.48. The first-order valence-electron chi connectivity index (χ1n) is 9.48. The molecule has 126 valence electrons. The number of rotatable bonds is 3. The van der Waals surface area contributed by atoms with Crippen molar-refractivity contribution >= 4 is 32.3 Å². The van der Waals surface area contributed by atoms with Gasteiger partial charge in [0, 0.05) is 32.2 Å². The van der Waals surface area contributed by atoms with Gasteiger partial charge in [-0.1, -0.05) is 61.5 Å². The molecule has 4 aromatic carbocycles. The zero-order chi connectivity index (χ0) is 16.8. The van der Waals surface area contributed by atoms with Crippen LogP contribution in [-0.2, 0) is 0 Å². The summed E-state index contributed by atoms with van der Waals surface area (Å²) >= 11 is 0. The molecule has 5 rings (SSSR count). The molecule has 1 atom stereocenters. The molecule has 1 fully saturated rings. The smallest absolute Gasteiger partial charge is 0.0352 e. The largest absolute Gasteiger partial charge is 0.314 e. The van der Waals surface area contributed by atoms with E-state index in [2.05, 4.69) is 71.7 Å². The van der Waals surface area contributed by atoms with Gasteiger partial charge in [-0.2, -0.15) is 0 Å². The Morgan fingerprint density at radius 2 is 1.48 bits per heavy atom. The Labute approximate surface area is 148 Å². The number of benzene rings is 4. The second kappa shape index (κ2) is 5.98. The zero-order valence-corrected chi connectivity index (χ0v) is 14.8. The fourth-order valence-electron chi connectivity index (χ4n) is 4.72. The van der Waals surface area contributed by atoms with E-state index in [9.17, 15) is 0 Å². The van der Waals surface area contributed by atoms with E-state index in [0.717, 1.165) is 32.6 Å². The highest BCUT2D eigenvalue weighted by atomic mass is 15.2. The normalized spacial score (nSPS) is 17.6. The van der Waals surface area contributed by atoms with Crippen LogP contribution in [0, 0.1) is 0 Å². The van der Waals surface area contributed by atoms with Crippen molar-refractivity contribution in [2.75, 3.05) is 26.2 Å². The van der Waals surface area contributed by atoms with E-state index in [1.807, 2.05) is 0 Å². The van der Waals surface area contributed by atoms with Crippen LogP contribution in [0.25, 0.3) is 32.3 Å². The SMILES string of the molecule is CC[C@H](c1ccc2ccc3cccc4ccc1c2c34)N1CCNCC1. The van der Waals surface area contributed by atoms with Crippen molar-refractivity contribution < 1.29 is 0 Å². The summed E-state index contributed by atoms with van der Waals surface area (Å²) in [6.07, 6.45) is 1.16. The van der Waals surface area contributed by atoms with Crippen LogP contribution in [0.3, 0.4) is 0 Å². The maximum absolute atomic E-state index is 3.48. The monoisotopic (exact) mass is 328 g/mol. The van der Waals surface area contributed by atoms with E-state index in [1.165, 1.54) is 37.9 Å². The first kappa shape index (κ1) is 15.1. The van der Waals surface area contributed by atoms with Crippen molar-refractivity contribution in [1.82, 2.24) is 10.2 Å². The molecular weight excluding hydrogens is 304 g/mol. The molecule has 0 amide bonds. The Morgan fingerprint density at radius 1 is 0.840 bits per heavy atom. The molecule has 1 saturated heterocycles. The number of nitrogens with one attached hydrogen (secondary N) is 1. The van der Waals surface area contributed by atoms with E-state index >= 15 is 0 Å². The van der Waals surface area contributed by atoms with Crippen molar-refractivity contribution in [2.24, 2.45) is 0 Å². The number of nitrogens with zero attached hydrogens (tertiary/aromatic N) is 1. The second-order valence-electron chi connectivity index (χ2n) is 7.22. The predicted octanol–water partition coefficient (Wildman–Crippen LogP) is 4.94. The summed E-state index contributed by atoms with van der Waals surface area (Å²) in [5.74, 6) is 0. The molecule has 0 spiro atoms. The highest BCUT2D eigenvalue weighted by molar-refractivity contribution is 6.23. The minimum Gasteiger partial charge on any atom is -0.314 e. The average Bonchev–Trinajstić information content (AvgIpc) is 2.68. The summed E-state index contributed by atoms with van der Waals surface area (Å²) in [5.41, 5.74) is 1.50. The predicted molar refractivity (Wildman–Crippen MR) is 108 cm³/mol. The van der Waals surface area contributed by atoms with Crippen LogP contribution in [0.2, 0.25) is 0 Å². The lowest BCUT2D eigenvalue weighted by Gasteiger charge is -2.35. The summed E-state index contributed by atoms with van der Waals surface area (Å²) in [6.45, 7) is 6.80. The van der Waals surface area contributed by atoms with E-state index in [1.54, 1.807) is 0 Å². The first-order chi connectivity index (χ1) is 12.4. The lowest BCUT2D eigenvalue weighted by Crippen LogP contribution is -2.45. The van der Waals surface area contributed by atoms with Gasteiger partial charge in [0.2, 0.25) is 0 Å². The Balaban J connectivity index is 1.78. The van der Waals surface area contributed by atoms with Gasteiger partial charge in [-0.25, -0.2) is 0 Å². The van der Waals surface area contributed by atoms with Gasteiger partial charge in [-0.15, -0.1) is 0 Å². The quantitative estimate of drug-likeness (QED) is 0.536. The van der Waals surface area contributed by atoms with Crippen LogP contribution in [-0.4, -0.2) is 31.1 Å². The van der Waals surface area contributed by atoms with Crippen LogP contribution in [0.15, 0.2) is 54.6 Å². The van der Waals surface area contributed by atoms with Crippen LogP contribution in [0.5, 0.6) is 0 Å². The molecule has 2 heteroatoms. The van der Waals surface area contributed by atoms with Crippen LogP contribution in [0.1, 0.15) is 24.9 Å². The fraction of sp³-hybridized carbons (Fsp3) is 0.304. The van der Waals surface area contributed by atoms with E-state index in [-0.39, 0.29) is 0 Å². The van der Waals surface area contributed by atoms with Gasteiger partial charge in [-0.3, -0.25) is 4.90 Å². The zero-order valence-electron chi connectivity index (χ0n) is 14.8. The molecule has 0 unspecified atom stereocenters. The van der Waals surface area contributed by atoms with Crippen molar-refractivity contribution in [1.29, 1.82) is 0 Å². The summed E-state index contributed by atoms with van der Waals surface area (Å²) in [4.78, 5) is 2.66. The standard InChI is InChI=1S/C23H24N2/c1-2-21(25-14-12-24-13-15-25)19-10-8-18-7-6-16-4-3-5-17-9-11-20(19)23(18)22(16)17/h3-11,21,24H,2,12-15H2,1H3/t21-/m1/s1. The van der Waals surface area contributed by atoms with E-state index in [0.29, 0.717) is 6.04 Å². The Bertz CT molecular complexity index is 1010. The molecule has 2 nitrogen and oxygen atoms in total. The summed E-state index contributed by atoms with van der Waals surface area (Å²) in [6, 6.07) is 21.0. The summed E-state index contributed by atoms with van der Waals surface area (Å²) in [5, 5.41) is 11.8. The second-order valence-corrected chi connectivity index (χ2v) is 7.22. The molecule has 1 aliphatic rings. The fourth-order valence-corrected chi connectivity index (χ4v) is 4.72. The molecule has 1 aliphatic heterocycles. The van der Waals surface area contributed by atoms with Gasteiger partial charge < -0.3 is 5.32 Å². The molecule has 1 heterocycles. The molecule has 0 aromatic heterocycles. The lowest BCUT2D eigenvalue weighted by atomic mass is 9.89. The average molecular weight is 328 g/mol. The number of hydrogen-bond donors (Lipinski definition) is 1. The summed E-state index contributed by atoms with van der Waals surface area (Å²) in [7, 11) is 0. The van der Waals surface area contributed by atoms with Gasteiger partial charge in [0.1, 0.15) is 0 Å². The number of hydrogen-bond acceptors (Lipinski definition) is 2. The maximum Gasteiger partial charge on any atom is 0.0352 e. The third-order valence-corrected chi connectivity index (χ3v) is 5.90. The molecule has 0 saturated carbocycles. The van der Waals surface area contributed by atoms with E-state index < -0.39 is 0 Å². The van der Waals surface area contributed by atoms with Crippen molar-refractivity contribution in [3.8, 4) is 0 Å². The molecule has 0 aliphatic carbocycles. The molecule has 4 aromatic rings. The van der Waals surface area contributed by atoms with Crippen molar-refractivity contribution in [2.45, 2.75) is 19.4 Å². The summed E-state index contributed by atoms with van der Waals surface area (Å²) < 4.78 is 0. The molecule has 1 N–H and O–H groups in total. The third-order valence-electron chi connectivity index (χ3n) is 5.90. The first-order valence-corrected chi connectivity index (χ1v) is 9.48. The Hall–Kier alpha value is -2.16. The minimum atomic E-state index is 0.506. The van der Waals surface area contributed by atoms with Gasteiger partial charge in [0.15, 0.2) is 0 Å². The highest BCUT2D eigenvalue weighted by Crippen LogP contribution is 2.39. The minimum absolute atomic E-state index is 0.506. The van der Waals surface area contributed by atoms with Gasteiger partial charge in [0.05, 0.1) is 0 Å². The highest BCUT2D eigenvalue weighted by Gasteiger charge is 2.23. The van der Waals surface area contributed by atoms with Gasteiger partial charge in [0.25, 0.3) is 0 Å². The van der Waals surface area contributed by atoms with Crippen LogP contribution in [0.4, 0.5) is 0 Å². The van der Waals surface area contributed by atoms with Crippen molar-refractivity contribution in [3.63, 3.8) is 0 Å². The lowest BCUT2D eigenvalue weighted by molar-refractivity contribution is 0.170. The van der Waals surface area contributed by atoms with Gasteiger partial charge >= 0.3 is 0 Å². The number of piperazine rings is 1. The molecule has 25 heavy (non-hydrogen) atoms. The Kier molecular flexibility index (Phi) is 3.61. The molecule has 0 radical (unpaired) electrons.